The molecular formula is C12H19IO2. The molecule has 0 aromatic heterocycles. The van der Waals surface area contributed by atoms with Gasteiger partial charge in [0.1, 0.15) is 5.76 Å². The molecule has 0 saturated heterocycles. The minimum absolute atomic E-state index is 0.268. The van der Waals surface area contributed by atoms with Gasteiger partial charge in [0.15, 0.2) is 0 Å². The van der Waals surface area contributed by atoms with Crippen molar-refractivity contribution in [2.75, 3.05) is 11.0 Å². The Morgan fingerprint density at radius 2 is 2.33 bits per heavy atom. The van der Waals surface area contributed by atoms with Gasteiger partial charge in [0, 0.05) is 11.0 Å². The summed E-state index contributed by atoms with van der Waals surface area (Å²) in [6.45, 7) is 2.46. The van der Waals surface area contributed by atoms with Crippen molar-refractivity contribution in [1.82, 2.24) is 0 Å². The zero-order valence-electron chi connectivity index (χ0n) is 9.06. The van der Waals surface area contributed by atoms with E-state index in [0.717, 1.165) is 17.3 Å². The Morgan fingerprint density at radius 3 is 2.80 bits per heavy atom. The van der Waals surface area contributed by atoms with Crippen LogP contribution in [0, 0.1) is 17.8 Å². The lowest BCUT2D eigenvalue weighted by Gasteiger charge is -2.24. The van der Waals surface area contributed by atoms with Crippen molar-refractivity contribution in [3.05, 3.63) is 24.0 Å². The van der Waals surface area contributed by atoms with E-state index in [2.05, 4.69) is 35.6 Å². The number of allylic oxidation sites excluding steroid dienone is 3. The molecule has 1 aliphatic rings. The van der Waals surface area contributed by atoms with E-state index < -0.39 is 0 Å². The van der Waals surface area contributed by atoms with Crippen LogP contribution in [0.1, 0.15) is 19.8 Å². The first-order valence-electron chi connectivity index (χ1n) is 5.41. The normalized spacial score (nSPS) is 24.7. The van der Waals surface area contributed by atoms with Gasteiger partial charge in [-0.1, -0.05) is 35.6 Å². The van der Waals surface area contributed by atoms with Crippen LogP contribution in [0.15, 0.2) is 24.0 Å². The van der Waals surface area contributed by atoms with Gasteiger partial charge in [-0.25, -0.2) is 0 Å². The molecule has 0 aromatic carbocycles. The van der Waals surface area contributed by atoms with Crippen molar-refractivity contribution in [3.63, 3.8) is 0 Å². The predicted octanol–water partition coefficient (Wildman–Crippen LogP) is 3.07. The second-order valence-corrected chi connectivity index (χ2v) is 5.17. The molecule has 1 rings (SSSR count). The summed E-state index contributed by atoms with van der Waals surface area (Å²) in [6.07, 6.45) is 7.58. The molecule has 2 nitrogen and oxygen atoms in total. The second-order valence-electron chi connectivity index (χ2n) is 4.29. The molecule has 2 N–H and O–H groups in total. The van der Waals surface area contributed by atoms with Crippen LogP contribution in [0.5, 0.6) is 0 Å². The first-order valence-corrected chi connectivity index (χ1v) is 6.94. The highest BCUT2D eigenvalue weighted by atomic mass is 127. The molecular weight excluding hydrogens is 303 g/mol. The van der Waals surface area contributed by atoms with E-state index in [4.69, 9.17) is 0 Å². The van der Waals surface area contributed by atoms with Crippen LogP contribution in [-0.2, 0) is 0 Å². The summed E-state index contributed by atoms with van der Waals surface area (Å²) in [5.41, 5.74) is 0. The third kappa shape index (κ3) is 4.15. The number of aliphatic hydroxyl groups excluding tert-OH is 2. The summed E-state index contributed by atoms with van der Waals surface area (Å²) in [6, 6.07) is 0. The van der Waals surface area contributed by atoms with Gasteiger partial charge < -0.3 is 10.2 Å². The van der Waals surface area contributed by atoms with Crippen molar-refractivity contribution in [2.45, 2.75) is 19.8 Å². The maximum Gasteiger partial charge on any atom is 0.111 e. The van der Waals surface area contributed by atoms with Gasteiger partial charge in [0.2, 0.25) is 0 Å². The topological polar surface area (TPSA) is 40.5 Å². The standard InChI is InChI=1S/C12H19IO2/c1-9(7-13)11(8-14)6-10-2-4-12(15)5-3-10/h2,4-5,9-11,14-15H,3,6-8H2,1H3/t9-,10?,11?/m0/s1. The van der Waals surface area contributed by atoms with Crippen LogP contribution >= 0.6 is 22.6 Å². The first-order chi connectivity index (χ1) is 7.17. The number of alkyl halides is 1. The van der Waals surface area contributed by atoms with Crippen LogP contribution in [0.25, 0.3) is 0 Å². The predicted molar refractivity (Wildman–Crippen MR) is 71.2 cm³/mol. The molecule has 15 heavy (non-hydrogen) atoms. The molecule has 0 radical (unpaired) electrons. The fraction of sp³-hybridized carbons (Fsp3) is 0.667. The molecule has 0 heterocycles. The number of hydrogen-bond acceptors (Lipinski definition) is 2. The van der Waals surface area contributed by atoms with Crippen molar-refractivity contribution >= 4 is 22.6 Å². The van der Waals surface area contributed by atoms with Gasteiger partial charge in [0.25, 0.3) is 0 Å². The molecule has 0 saturated carbocycles. The summed E-state index contributed by atoms with van der Waals surface area (Å²) in [5.74, 6) is 1.78. The van der Waals surface area contributed by atoms with E-state index >= 15 is 0 Å². The monoisotopic (exact) mass is 322 g/mol. The molecule has 0 aromatic rings. The Bertz CT molecular complexity index is 248. The van der Waals surface area contributed by atoms with Gasteiger partial charge in [-0.3, -0.25) is 0 Å². The van der Waals surface area contributed by atoms with Crippen LogP contribution in [0.2, 0.25) is 0 Å². The van der Waals surface area contributed by atoms with Crippen LogP contribution in [0.3, 0.4) is 0 Å². The van der Waals surface area contributed by atoms with Crippen molar-refractivity contribution in [3.8, 4) is 0 Å². The Balaban J connectivity index is 2.43. The lowest BCUT2D eigenvalue weighted by Crippen LogP contribution is -2.20. The van der Waals surface area contributed by atoms with E-state index in [0.29, 0.717) is 23.5 Å². The third-order valence-corrected chi connectivity index (χ3v) is 4.45. The molecule has 3 heteroatoms. The maximum absolute atomic E-state index is 9.32. The number of rotatable bonds is 5. The fourth-order valence-electron chi connectivity index (χ4n) is 1.83. The Kier molecular flexibility index (Phi) is 5.68. The zero-order chi connectivity index (χ0) is 11.3. The molecule has 86 valence electrons. The van der Waals surface area contributed by atoms with E-state index in [1.807, 2.05) is 6.08 Å². The van der Waals surface area contributed by atoms with Crippen LogP contribution in [-0.4, -0.2) is 21.2 Å². The largest absolute Gasteiger partial charge is 0.508 e. The SMILES string of the molecule is C[C@@H](CI)C(CO)CC1C=CC(O)=CC1. The van der Waals surface area contributed by atoms with E-state index in [1.165, 1.54) is 0 Å². The Hall–Kier alpha value is -0.0300. The minimum Gasteiger partial charge on any atom is -0.508 e. The Labute approximate surface area is 105 Å². The van der Waals surface area contributed by atoms with Gasteiger partial charge in [0.05, 0.1) is 0 Å². The molecule has 0 aliphatic heterocycles. The van der Waals surface area contributed by atoms with E-state index in [-0.39, 0.29) is 6.61 Å². The summed E-state index contributed by atoms with van der Waals surface area (Å²) in [5, 5.41) is 18.5. The average Bonchev–Trinajstić information content (AvgIpc) is 2.27. The average molecular weight is 322 g/mol. The molecule has 1 aliphatic carbocycles. The van der Waals surface area contributed by atoms with Gasteiger partial charge in [-0.05, 0) is 42.7 Å². The molecule has 3 atom stereocenters. The number of hydrogen-bond donors (Lipinski definition) is 2. The molecule has 0 amide bonds. The zero-order valence-corrected chi connectivity index (χ0v) is 11.2. The van der Waals surface area contributed by atoms with Crippen molar-refractivity contribution in [2.24, 2.45) is 17.8 Å². The summed E-state index contributed by atoms with van der Waals surface area (Å²) in [4.78, 5) is 0. The van der Waals surface area contributed by atoms with Gasteiger partial charge in [-0.2, -0.15) is 0 Å². The third-order valence-electron chi connectivity index (χ3n) is 3.06. The lowest BCUT2D eigenvalue weighted by atomic mass is 9.84. The summed E-state index contributed by atoms with van der Waals surface area (Å²) >= 11 is 2.37. The Morgan fingerprint density at radius 1 is 1.60 bits per heavy atom. The fourth-order valence-corrected chi connectivity index (χ4v) is 2.55. The summed E-state index contributed by atoms with van der Waals surface area (Å²) in [7, 11) is 0. The number of halogens is 1. The van der Waals surface area contributed by atoms with Gasteiger partial charge in [-0.15, -0.1) is 0 Å². The molecule has 0 spiro atoms. The van der Waals surface area contributed by atoms with Gasteiger partial charge >= 0.3 is 0 Å². The van der Waals surface area contributed by atoms with Crippen molar-refractivity contribution in [1.29, 1.82) is 0 Å². The highest BCUT2D eigenvalue weighted by Crippen LogP contribution is 2.27. The quantitative estimate of drug-likeness (QED) is 0.603. The highest BCUT2D eigenvalue weighted by Gasteiger charge is 2.20. The second kappa shape index (κ2) is 6.53. The molecule has 0 bridgehead atoms. The lowest BCUT2D eigenvalue weighted by molar-refractivity contribution is 0.172. The van der Waals surface area contributed by atoms with Crippen LogP contribution < -0.4 is 0 Å². The van der Waals surface area contributed by atoms with E-state index in [1.54, 1.807) is 6.08 Å². The number of aliphatic hydroxyl groups is 2. The smallest absolute Gasteiger partial charge is 0.111 e. The van der Waals surface area contributed by atoms with E-state index in [9.17, 15) is 10.2 Å². The highest BCUT2D eigenvalue weighted by molar-refractivity contribution is 14.1. The molecule has 0 fully saturated rings. The molecule has 2 unspecified atom stereocenters. The summed E-state index contributed by atoms with van der Waals surface area (Å²) < 4.78 is 1.08. The maximum atomic E-state index is 9.32. The minimum atomic E-state index is 0.268. The van der Waals surface area contributed by atoms with Crippen LogP contribution in [0.4, 0.5) is 0 Å². The first kappa shape index (κ1) is 13.0. The van der Waals surface area contributed by atoms with Crippen molar-refractivity contribution < 1.29 is 10.2 Å².